The molecule has 7 nitrogen and oxygen atoms in total. The molecule has 0 aliphatic carbocycles. The lowest BCUT2D eigenvalue weighted by Gasteiger charge is -2.36. The van der Waals surface area contributed by atoms with E-state index >= 15 is 0 Å². The molecule has 1 atom stereocenters. The summed E-state index contributed by atoms with van der Waals surface area (Å²) in [6.07, 6.45) is 2.85. The Kier molecular flexibility index (Phi) is 4.15. The van der Waals surface area contributed by atoms with E-state index in [1.165, 1.54) is 0 Å². The van der Waals surface area contributed by atoms with Crippen molar-refractivity contribution in [3.63, 3.8) is 0 Å². The molecule has 1 N–H and O–H groups in total. The van der Waals surface area contributed by atoms with Crippen molar-refractivity contribution in [1.29, 1.82) is 0 Å². The van der Waals surface area contributed by atoms with Gasteiger partial charge in [0.15, 0.2) is 5.82 Å². The van der Waals surface area contributed by atoms with Crippen molar-refractivity contribution >= 4 is 11.6 Å². The third-order valence-electron chi connectivity index (χ3n) is 3.72. The lowest BCUT2D eigenvalue weighted by Crippen LogP contribution is -2.47. The standard InChI is InChI=1S/C15H20N6O/c1-11(22)15-17-6-4-14(19-15)21-9-7-20(8-10-21)13-3-5-16-12(2)18-13/h3-6,11,22H,7-10H2,1-2H3/t11-/m1/s1. The number of aromatic nitrogens is 4. The van der Waals surface area contributed by atoms with Gasteiger partial charge in [0.05, 0.1) is 0 Å². The van der Waals surface area contributed by atoms with E-state index in [1.54, 1.807) is 19.3 Å². The largest absolute Gasteiger partial charge is 0.385 e. The van der Waals surface area contributed by atoms with E-state index in [9.17, 15) is 5.11 Å². The molecule has 7 heteroatoms. The number of nitrogens with zero attached hydrogens (tertiary/aromatic N) is 6. The summed E-state index contributed by atoms with van der Waals surface area (Å²) in [6, 6.07) is 3.83. The van der Waals surface area contributed by atoms with Crippen LogP contribution in [0.15, 0.2) is 24.5 Å². The average Bonchev–Trinajstić information content (AvgIpc) is 2.55. The molecule has 0 saturated carbocycles. The van der Waals surface area contributed by atoms with E-state index in [-0.39, 0.29) is 0 Å². The second-order valence-electron chi connectivity index (χ2n) is 5.39. The molecule has 22 heavy (non-hydrogen) atoms. The highest BCUT2D eigenvalue weighted by atomic mass is 16.3. The smallest absolute Gasteiger partial charge is 0.158 e. The maximum atomic E-state index is 9.60. The number of aliphatic hydroxyl groups is 1. The van der Waals surface area contributed by atoms with E-state index in [0.29, 0.717) is 5.82 Å². The van der Waals surface area contributed by atoms with Crippen molar-refractivity contribution in [3.8, 4) is 0 Å². The third-order valence-corrected chi connectivity index (χ3v) is 3.72. The van der Waals surface area contributed by atoms with Crippen LogP contribution in [0.4, 0.5) is 11.6 Å². The highest BCUT2D eigenvalue weighted by Gasteiger charge is 2.20. The van der Waals surface area contributed by atoms with Gasteiger partial charge in [-0.05, 0) is 26.0 Å². The second-order valence-corrected chi connectivity index (χ2v) is 5.39. The van der Waals surface area contributed by atoms with Crippen molar-refractivity contribution in [2.45, 2.75) is 20.0 Å². The van der Waals surface area contributed by atoms with E-state index in [4.69, 9.17) is 0 Å². The van der Waals surface area contributed by atoms with Crippen LogP contribution in [0.25, 0.3) is 0 Å². The molecule has 0 radical (unpaired) electrons. The zero-order valence-corrected chi connectivity index (χ0v) is 12.8. The Labute approximate surface area is 129 Å². The predicted octanol–water partition coefficient (Wildman–Crippen LogP) is 0.955. The first-order valence-electron chi connectivity index (χ1n) is 7.44. The van der Waals surface area contributed by atoms with Crippen molar-refractivity contribution < 1.29 is 5.11 Å². The number of rotatable bonds is 3. The molecule has 0 unspecified atom stereocenters. The van der Waals surface area contributed by atoms with Gasteiger partial charge in [0, 0.05) is 38.6 Å². The van der Waals surface area contributed by atoms with Crippen molar-refractivity contribution in [3.05, 3.63) is 36.2 Å². The average molecular weight is 300 g/mol. The molecule has 1 fully saturated rings. The Morgan fingerprint density at radius 1 is 0.955 bits per heavy atom. The molecule has 3 rings (SSSR count). The number of hydrogen-bond acceptors (Lipinski definition) is 7. The van der Waals surface area contributed by atoms with Gasteiger partial charge < -0.3 is 14.9 Å². The Morgan fingerprint density at radius 2 is 1.50 bits per heavy atom. The minimum atomic E-state index is -0.648. The first kappa shape index (κ1) is 14.6. The van der Waals surface area contributed by atoms with Gasteiger partial charge >= 0.3 is 0 Å². The third kappa shape index (κ3) is 3.14. The zero-order chi connectivity index (χ0) is 15.5. The summed E-state index contributed by atoms with van der Waals surface area (Å²) in [5.41, 5.74) is 0. The maximum absolute atomic E-state index is 9.60. The first-order chi connectivity index (χ1) is 10.6. The van der Waals surface area contributed by atoms with Gasteiger partial charge in [0.2, 0.25) is 0 Å². The topological polar surface area (TPSA) is 78.3 Å². The fourth-order valence-electron chi connectivity index (χ4n) is 2.53. The van der Waals surface area contributed by atoms with Crippen molar-refractivity contribution in [2.75, 3.05) is 36.0 Å². The highest BCUT2D eigenvalue weighted by molar-refractivity contribution is 5.44. The minimum Gasteiger partial charge on any atom is -0.385 e. The molecular weight excluding hydrogens is 280 g/mol. The first-order valence-corrected chi connectivity index (χ1v) is 7.44. The SMILES string of the molecule is Cc1nccc(N2CCN(c3ccnc([C@@H](C)O)n3)CC2)n1. The predicted molar refractivity (Wildman–Crippen MR) is 83.9 cm³/mol. The second kappa shape index (κ2) is 6.23. The lowest BCUT2D eigenvalue weighted by molar-refractivity contribution is 0.189. The van der Waals surface area contributed by atoms with Crippen LogP contribution >= 0.6 is 0 Å². The van der Waals surface area contributed by atoms with Crippen LogP contribution in [0.3, 0.4) is 0 Å². The summed E-state index contributed by atoms with van der Waals surface area (Å²) in [4.78, 5) is 21.6. The summed E-state index contributed by atoms with van der Waals surface area (Å²) in [5.74, 6) is 3.09. The normalized spacial score (nSPS) is 16.7. The Hall–Kier alpha value is -2.28. The molecule has 1 aliphatic heterocycles. The molecule has 2 aromatic rings. The van der Waals surface area contributed by atoms with E-state index in [0.717, 1.165) is 43.6 Å². The summed E-state index contributed by atoms with van der Waals surface area (Å²) >= 11 is 0. The molecule has 1 saturated heterocycles. The minimum absolute atomic E-state index is 0.464. The number of aryl methyl sites for hydroxylation is 1. The molecule has 3 heterocycles. The van der Waals surface area contributed by atoms with Crippen LogP contribution < -0.4 is 9.80 Å². The van der Waals surface area contributed by atoms with Crippen molar-refractivity contribution in [2.24, 2.45) is 0 Å². The van der Waals surface area contributed by atoms with Gasteiger partial charge in [-0.2, -0.15) is 0 Å². The summed E-state index contributed by atoms with van der Waals surface area (Å²) < 4.78 is 0. The summed E-state index contributed by atoms with van der Waals surface area (Å²) in [5, 5.41) is 9.60. The van der Waals surface area contributed by atoms with E-state index < -0.39 is 6.10 Å². The van der Waals surface area contributed by atoms with Crippen LogP contribution in [-0.2, 0) is 0 Å². The molecule has 116 valence electrons. The van der Waals surface area contributed by atoms with Crippen LogP contribution in [0, 0.1) is 6.92 Å². The van der Waals surface area contributed by atoms with Crippen LogP contribution in [0.5, 0.6) is 0 Å². The molecule has 0 spiro atoms. The van der Waals surface area contributed by atoms with Gasteiger partial charge in [-0.3, -0.25) is 0 Å². The number of anilines is 2. The lowest BCUT2D eigenvalue weighted by atomic mass is 10.3. The van der Waals surface area contributed by atoms with E-state index in [1.807, 2.05) is 19.1 Å². The van der Waals surface area contributed by atoms with E-state index in [2.05, 4.69) is 29.7 Å². The van der Waals surface area contributed by atoms with Crippen molar-refractivity contribution in [1.82, 2.24) is 19.9 Å². The number of piperazine rings is 1. The molecular formula is C15H20N6O. The maximum Gasteiger partial charge on any atom is 0.158 e. The fraction of sp³-hybridized carbons (Fsp3) is 0.467. The van der Waals surface area contributed by atoms with Gasteiger partial charge in [0.1, 0.15) is 23.6 Å². The molecule has 0 bridgehead atoms. The Morgan fingerprint density at radius 3 is 2.05 bits per heavy atom. The van der Waals surface area contributed by atoms with Crippen LogP contribution in [0.2, 0.25) is 0 Å². The molecule has 0 aromatic carbocycles. The zero-order valence-electron chi connectivity index (χ0n) is 12.8. The number of aliphatic hydroxyl groups excluding tert-OH is 1. The fourth-order valence-corrected chi connectivity index (χ4v) is 2.53. The highest BCUT2D eigenvalue weighted by Crippen LogP contribution is 2.18. The molecule has 1 aliphatic rings. The number of hydrogen-bond donors (Lipinski definition) is 1. The van der Waals surface area contributed by atoms with Gasteiger partial charge in [0.25, 0.3) is 0 Å². The molecule has 0 amide bonds. The Bertz CT molecular complexity index is 639. The quantitative estimate of drug-likeness (QED) is 0.904. The van der Waals surface area contributed by atoms with Gasteiger partial charge in [-0.25, -0.2) is 19.9 Å². The summed E-state index contributed by atoms with van der Waals surface area (Å²) in [6.45, 7) is 7.06. The van der Waals surface area contributed by atoms with Crippen LogP contribution in [0.1, 0.15) is 24.7 Å². The van der Waals surface area contributed by atoms with Crippen LogP contribution in [-0.4, -0.2) is 51.2 Å². The van der Waals surface area contributed by atoms with Gasteiger partial charge in [-0.1, -0.05) is 0 Å². The monoisotopic (exact) mass is 300 g/mol. The molecule has 2 aromatic heterocycles. The van der Waals surface area contributed by atoms with Gasteiger partial charge in [-0.15, -0.1) is 0 Å². The Balaban J connectivity index is 1.68. The summed E-state index contributed by atoms with van der Waals surface area (Å²) in [7, 11) is 0.